The number of rotatable bonds is 5. The Morgan fingerprint density at radius 3 is 2.58 bits per heavy atom. The number of carbonyl (C=O) groups excluding carboxylic acids is 2. The van der Waals surface area contributed by atoms with Crippen molar-refractivity contribution >= 4 is 17.6 Å². The second-order valence-electron chi connectivity index (χ2n) is 6.87. The zero-order chi connectivity index (χ0) is 17.7. The van der Waals surface area contributed by atoms with Crippen LogP contribution >= 0.6 is 0 Å². The predicted molar refractivity (Wildman–Crippen MR) is 94.9 cm³/mol. The van der Waals surface area contributed by atoms with E-state index in [1.807, 2.05) is 50.8 Å². The lowest BCUT2D eigenvalue weighted by Crippen LogP contribution is -2.43. The van der Waals surface area contributed by atoms with E-state index in [4.69, 9.17) is 4.74 Å². The first-order valence-electron chi connectivity index (χ1n) is 8.65. The molecule has 1 fully saturated rings. The summed E-state index contributed by atoms with van der Waals surface area (Å²) in [6.45, 7) is 9.42. The van der Waals surface area contributed by atoms with Crippen LogP contribution < -0.4 is 5.32 Å². The van der Waals surface area contributed by atoms with Crippen molar-refractivity contribution in [3.05, 3.63) is 29.3 Å². The highest BCUT2D eigenvalue weighted by atomic mass is 16.5. The maximum absolute atomic E-state index is 12.4. The Kier molecular flexibility index (Phi) is 6.37. The van der Waals surface area contributed by atoms with E-state index >= 15 is 0 Å². The molecule has 1 heterocycles. The Morgan fingerprint density at radius 2 is 1.96 bits per heavy atom. The van der Waals surface area contributed by atoms with Gasteiger partial charge in [0, 0.05) is 12.2 Å². The lowest BCUT2D eigenvalue weighted by atomic mass is 9.98. The van der Waals surface area contributed by atoms with Crippen LogP contribution in [-0.4, -0.2) is 42.5 Å². The Bertz CT molecular complexity index is 578. The molecule has 5 heteroatoms. The minimum atomic E-state index is -0.148. The number of piperidine rings is 1. The van der Waals surface area contributed by atoms with E-state index in [2.05, 4.69) is 5.32 Å². The molecule has 24 heavy (non-hydrogen) atoms. The molecule has 1 saturated heterocycles. The average Bonchev–Trinajstić information content (AvgIpc) is 2.50. The number of nitrogens with one attached hydrogen (secondary N) is 1. The van der Waals surface area contributed by atoms with Gasteiger partial charge in [0.1, 0.15) is 0 Å². The maximum Gasteiger partial charge on any atom is 0.310 e. The molecule has 1 atom stereocenters. The highest BCUT2D eigenvalue weighted by Gasteiger charge is 2.28. The van der Waals surface area contributed by atoms with Gasteiger partial charge in [-0.3, -0.25) is 14.5 Å². The van der Waals surface area contributed by atoms with E-state index in [1.165, 1.54) is 0 Å². The lowest BCUT2D eigenvalue weighted by Gasteiger charge is -2.31. The summed E-state index contributed by atoms with van der Waals surface area (Å²) in [5, 5.41) is 3.01. The molecule has 5 nitrogen and oxygen atoms in total. The molecule has 0 bridgehead atoms. The zero-order valence-corrected chi connectivity index (χ0v) is 15.1. The molecule has 2 rings (SSSR count). The fraction of sp³-hybridized carbons (Fsp3) is 0.579. The number of hydrogen-bond donors (Lipinski definition) is 1. The van der Waals surface area contributed by atoms with Gasteiger partial charge < -0.3 is 10.1 Å². The molecule has 0 aliphatic carbocycles. The Labute approximate surface area is 144 Å². The highest BCUT2D eigenvalue weighted by Crippen LogP contribution is 2.21. The number of hydrogen-bond acceptors (Lipinski definition) is 4. The number of carbonyl (C=O) groups is 2. The van der Waals surface area contributed by atoms with Crippen molar-refractivity contribution in [1.29, 1.82) is 0 Å². The summed E-state index contributed by atoms with van der Waals surface area (Å²) in [7, 11) is 0. The highest BCUT2D eigenvalue weighted by molar-refractivity contribution is 5.93. The summed E-state index contributed by atoms with van der Waals surface area (Å²) < 4.78 is 5.30. The van der Waals surface area contributed by atoms with Crippen LogP contribution in [0.2, 0.25) is 0 Å². The predicted octanol–water partition coefficient (Wildman–Crippen LogP) is 2.91. The van der Waals surface area contributed by atoms with Gasteiger partial charge in [0.2, 0.25) is 5.91 Å². The molecule has 1 N–H and O–H groups in total. The first kappa shape index (κ1) is 18.5. The van der Waals surface area contributed by atoms with Gasteiger partial charge in [-0.25, -0.2) is 0 Å². The van der Waals surface area contributed by atoms with Crippen LogP contribution in [0, 0.1) is 19.8 Å². The Balaban J connectivity index is 1.90. The summed E-state index contributed by atoms with van der Waals surface area (Å²) >= 11 is 0. The van der Waals surface area contributed by atoms with Gasteiger partial charge in [0.25, 0.3) is 0 Å². The van der Waals surface area contributed by atoms with Crippen molar-refractivity contribution in [3.63, 3.8) is 0 Å². The number of benzene rings is 1. The summed E-state index contributed by atoms with van der Waals surface area (Å²) in [6.07, 6.45) is 1.65. The van der Waals surface area contributed by atoms with Gasteiger partial charge in [-0.2, -0.15) is 0 Å². The maximum atomic E-state index is 12.4. The number of nitrogens with zero attached hydrogens (tertiary/aromatic N) is 1. The van der Waals surface area contributed by atoms with Gasteiger partial charge in [-0.1, -0.05) is 18.2 Å². The topological polar surface area (TPSA) is 58.6 Å². The number of esters is 1. The van der Waals surface area contributed by atoms with Crippen molar-refractivity contribution in [3.8, 4) is 0 Å². The molecular formula is C19H28N2O3. The third-order valence-corrected chi connectivity index (χ3v) is 4.30. The standard InChI is InChI=1S/C19H28N2O3/c1-13(2)24-19(23)16-9-6-10-21(11-16)12-17(22)20-18-14(3)7-5-8-15(18)4/h5,7-8,13,16H,6,9-12H2,1-4H3,(H,20,22). The van der Waals surface area contributed by atoms with Crippen LogP contribution in [0.4, 0.5) is 5.69 Å². The van der Waals surface area contributed by atoms with E-state index in [0.29, 0.717) is 13.1 Å². The van der Waals surface area contributed by atoms with Crippen LogP contribution in [0.5, 0.6) is 0 Å². The molecule has 0 aromatic heterocycles. The van der Waals surface area contributed by atoms with Crippen LogP contribution in [0.15, 0.2) is 18.2 Å². The van der Waals surface area contributed by atoms with Crippen molar-refractivity contribution < 1.29 is 14.3 Å². The minimum absolute atomic E-state index is 0.0368. The van der Waals surface area contributed by atoms with Crippen molar-refractivity contribution in [2.75, 3.05) is 25.0 Å². The number of ether oxygens (including phenoxy) is 1. The Hall–Kier alpha value is -1.88. The number of para-hydroxylation sites is 1. The molecular weight excluding hydrogens is 304 g/mol. The summed E-state index contributed by atoms with van der Waals surface area (Å²) in [5.74, 6) is -0.315. The van der Waals surface area contributed by atoms with E-state index in [-0.39, 0.29) is 23.9 Å². The second-order valence-corrected chi connectivity index (χ2v) is 6.87. The summed E-state index contributed by atoms with van der Waals surface area (Å²) in [5.41, 5.74) is 3.00. The monoisotopic (exact) mass is 332 g/mol. The summed E-state index contributed by atoms with van der Waals surface area (Å²) in [6, 6.07) is 5.96. The first-order chi connectivity index (χ1) is 11.4. The lowest BCUT2D eigenvalue weighted by molar-refractivity contribution is -0.154. The van der Waals surface area contributed by atoms with Gasteiger partial charge >= 0.3 is 5.97 Å². The molecule has 0 spiro atoms. The van der Waals surface area contributed by atoms with Gasteiger partial charge in [0.15, 0.2) is 0 Å². The molecule has 1 aromatic rings. The van der Waals surface area contributed by atoms with E-state index in [9.17, 15) is 9.59 Å². The molecule has 1 aliphatic rings. The van der Waals surface area contributed by atoms with E-state index < -0.39 is 0 Å². The van der Waals surface area contributed by atoms with Crippen molar-refractivity contribution in [2.24, 2.45) is 5.92 Å². The molecule has 1 amide bonds. The first-order valence-corrected chi connectivity index (χ1v) is 8.65. The molecule has 1 aliphatic heterocycles. The molecule has 0 radical (unpaired) electrons. The fourth-order valence-corrected chi connectivity index (χ4v) is 3.11. The van der Waals surface area contributed by atoms with Gasteiger partial charge in [0.05, 0.1) is 18.6 Å². The third-order valence-electron chi connectivity index (χ3n) is 4.30. The van der Waals surface area contributed by atoms with Crippen LogP contribution in [0.3, 0.4) is 0 Å². The number of anilines is 1. The normalized spacial score (nSPS) is 18.5. The van der Waals surface area contributed by atoms with Crippen LogP contribution in [0.1, 0.15) is 37.8 Å². The third kappa shape index (κ3) is 5.06. The molecule has 0 saturated carbocycles. The van der Waals surface area contributed by atoms with Crippen molar-refractivity contribution in [1.82, 2.24) is 4.90 Å². The number of likely N-dealkylation sites (tertiary alicyclic amines) is 1. The fourth-order valence-electron chi connectivity index (χ4n) is 3.11. The average molecular weight is 332 g/mol. The molecule has 132 valence electrons. The minimum Gasteiger partial charge on any atom is -0.463 e. The largest absolute Gasteiger partial charge is 0.463 e. The zero-order valence-electron chi connectivity index (χ0n) is 15.1. The van der Waals surface area contributed by atoms with Crippen LogP contribution in [0.25, 0.3) is 0 Å². The quantitative estimate of drug-likeness (QED) is 0.842. The van der Waals surface area contributed by atoms with Crippen molar-refractivity contribution in [2.45, 2.75) is 46.6 Å². The van der Waals surface area contributed by atoms with Gasteiger partial charge in [-0.05, 0) is 58.2 Å². The smallest absolute Gasteiger partial charge is 0.310 e. The van der Waals surface area contributed by atoms with E-state index in [1.54, 1.807) is 0 Å². The number of amides is 1. The molecule has 1 aromatic carbocycles. The Morgan fingerprint density at radius 1 is 1.29 bits per heavy atom. The second kappa shape index (κ2) is 8.29. The van der Waals surface area contributed by atoms with Crippen LogP contribution in [-0.2, 0) is 14.3 Å². The molecule has 1 unspecified atom stereocenters. The number of aryl methyl sites for hydroxylation is 2. The van der Waals surface area contributed by atoms with E-state index in [0.717, 1.165) is 36.2 Å². The van der Waals surface area contributed by atoms with Gasteiger partial charge in [-0.15, -0.1) is 0 Å². The SMILES string of the molecule is Cc1cccc(C)c1NC(=O)CN1CCCC(C(=O)OC(C)C)C1. The summed E-state index contributed by atoms with van der Waals surface area (Å²) in [4.78, 5) is 26.5.